The summed E-state index contributed by atoms with van der Waals surface area (Å²) in [6, 6.07) is 0. The maximum Gasteiger partial charge on any atom is 0.263 e. The minimum atomic E-state index is -3.96. The Labute approximate surface area is 90.2 Å². The van der Waals surface area contributed by atoms with Crippen molar-refractivity contribution in [1.82, 2.24) is 10.3 Å². The number of nitrogens with zero attached hydrogens (tertiary/aromatic N) is 1. The van der Waals surface area contributed by atoms with E-state index in [1.807, 2.05) is 0 Å². The van der Waals surface area contributed by atoms with Crippen molar-refractivity contribution in [2.24, 2.45) is 0 Å². The summed E-state index contributed by atoms with van der Waals surface area (Å²) in [4.78, 5) is 3.37. The second-order valence-corrected chi connectivity index (χ2v) is 5.52. The van der Waals surface area contributed by atoms with E-state index >= 15 is 0 Å². The topological polar surface area (TPSA) is 59.1 Å². The normalized spacial score (nSPS) is 15.2. The van der Waals surface area contributed by atoms with Crippen LogP contribution in [0.4, 0.5) is 4.39 Å². The van der Waals surface area contributed by atoms with Crippen LogP contribution >= 0.6 is 10.7 Å². The Morgan fingerprint density at radius 2 is 2.20 bits per heavy atom. The van der Waals surface area contributed by atoms with E-state index in [0.717, 1.165) is 6.20 Å². The van der Waals surface area contributed by atoms with E-state index < -0.39 is 14.9 Å². The first-order valence-electron chi connectivity index (χ1n) is 4.01. The van der Waals surface area contributed by atoms with Crippen molar-refractivity contribution < 1.29 is 12.8 Å². The Balaban J connectivity index is 2.70. The average Bonchev–Trinajstić information content (AvgIpc) is 2.16. The molecule has 2 rings (SSSR count). The van der Waals surface area contributed by atoms with E-state index in [-0.39, 0.29) is 10.5 Å². The molecule has 80 valence electrons. The SMILES string of the molecule is O=S(=O)(Cl)C1=CNCc2cncc(F)c21. The van der Waals surface area contributed by atoms with Crippen LogP contribution in [-0.2, 0) is 15.6 Å². The number of pyridine rings is 1. The molecule has 0 aromatic carbocycles. The van der Waals surface area contributed by atoms with Crippen molar-refractivity contribution in [3.8, 4) is 0 Å². The molecule has 4 nitrogen and oxygen atoms in total. The van der Waals surface area contributed by atoms with Crippen LogP contribution in [-0.4, -0.2) is 13.4 Å². The first-order chi connectivity index (χ1) is 7.00. The minimum Gasteiger partial charge on any atom is -0.386 e. The molecule has 0 saturated carbocycles. The van der Waals surface area contributed by atoms with Gasteiger partial charge in [0.25, 0.3) is 9.05 Å². The van der Waals surface area contributed by atoms with Crippen LogP contribution in [0.25, 0.3) is 4.91 Å². The highest BCUT2D eigenvalue weighted by Crippen LogP contribution is 2.30. The van der Waals surface area contributed by atoms with E-state index in [4.69, 9.17) is 10.7 Å². The molecule has 0 fully saturated rings. The lowest BCUT2D eigenvalue weighted by molar-refractivity contribution is 0.605. The highest BCUT2D eigenvalue weighted by molar-refractivity contribution is 8.21. The molecular formula is C8H6ClFN2O2S. The molecule has 1 N–H and O–H groups in total. The molecule has 7 heteroatoms. The largest absolute Gasteiger partial charge is 0.386 e. The van der Waals surface area contributed by atoms with E-state index in [2.05, 4.69) is 10.3 Å². The summed E-state index contributed by atoms with van der Waals surface area (Å²) in [5, 5.41) is 2.69. The third-order valence-electron chi connectivity index (χ3n) is 2.01. The van der Waals surface area contributed by atoms with Gasteiger partial charge < -0.3 is 5.32 Å². The van der Waals surface area contributed by atoms with E-state index in [9.17, 15) is 12.8 Å². The number of hydrogen-bond acceptors (Lipinski definition) is 4. The summed E-state index contributed by atoms with van der Waals surface area (Å²) < 4.78 is 35.7. The van der Waals surface area contributed by atoms with Gasteiger partial charge in [0.1, 0.15) is 10.7 Å². The Morgan fingerprint density at radius 1 is 1.47 bits per heavy atom. The molecule has 0 radical (unpaired) electrons. The van der Waals surface area contributed by atoms with Gasteiger partial charge in [0, 0.05) is 40.8 Å². The van der Waals surface area contributed by atoms with Crippen LogP contribution in [0.5, 0.6) is 0 Å². The highest BCUT2D eigenvalue weighted by atomic mass is 35.7. The Morgan fingerprint density at radius 3 is 2.87 bits per heavy atom. The molecule has 2 heterocycles. The zero-order valence-electron chi connectivity index (χ0n) is 7.37. The fourth-order valence-corrected chi connectivity index (χ4v) is 2.46. The van der Waals surface area contributed by atoms with Gasteiger partial charge in [-0.3, -0.25) is 4.98 Å². The van der Waals surface area contributed by atoms with Crippen molar-refractivity contribution in [3.05, 3.63) is 35.5 Å². The van der Waals surface area contributed by atoms with E-state index in [1.54, 1.807) is 0 Å². The zero-order valence-corrected chi connectivity index (χ0v) is 8.94. The summed E-state index contributed by atoms with van der Waals surface area (Å²) in [5.41, 5.74) is 0.468. The van der Waals surface area contributed by atoms with Gasteiger partial charge in [-0.2, -0.15) is 0 Å². The van der Waals surface area contributed by atoms with Crippen LogP contribution in [0.2, 0.25) is 0 Å². The Hall–Kier alpha value is -1.14. The molecular weight excluding hydrogens is 243 g/mol. The summed E-state index contributed by atoms with van der Waals surface area (Å²) >= 11 is 0. The fourth-order valence-electron chi connectivity index (χ4n) is 1.40. The number of aromatic nitrogens is 1. The van der Waals surface area contributed by atoms with Crippen molar-refractivity contribution in [2.75, 3.05) is 0 Å². The van der Waals surface area contributed by atoms with Gasteiger partial charge in [0.05, 0.1) is 6.20 Å². The molecule has 1 aromatic rings. The van der Waals surface area contributed by atoms with E-state index in [1.165, 1.54) is 12.4 Å². The monoisotopic (exact) mass is 248 g/mol. The molecule has 0 unspecified atom stereocenters. The number of hydrogen-bond donors (Lipinski definition) is 1. The van der Waals surface area contributed by atoms with E-state index in [0.29, 0.717) is 12.1 Å². The number of rotatable bonds is 1. The molecule has 0 atom stereocenters. The average molecular weight is 249 g/mol. The van der Waals surface area contributed by atoms with Gasteiger partial charge in [-0.25, -0.2) is 12.8 Å². The van der Waals surface area contributed by atoms with Gasteiger partial charge in [0.2, 0.25) is 0 Å². The minimum absolute atomic E-state index is 0.00116. The smallest absolute Gasteiger partial charge is 0.263 e. The molecule has 0 spiro atoms. The first kappa shape index (κ1) is 10.4. The van der Waals surface area contributed by atoms with Gasteiger partial charge in [-0.15, -0.1) is 0 Å². The standard InChI is InChI=1S/C8H6ClFN2O2S/c9-15(13,14)7-4-12-2-5-1-11-3-6(10)8(5)7/h1,3-4,12H,2H2. The van der Waals surface area contributed by atoms with Gasteiger partial charge in [-0.1, -0.05) is 0 Å². The van der Waals surface area contributed by atoms with Crippen molar-refractivity contribution in [3.63, 3.8) is 0 Å². The Kier molecular flexibility index (Phi) is 2.40. The van der Waals surface area contributed by atoms with Gasteiger partial charge >= 0.3 is 0 Å². The predicted octanol–water partition coefficient (Wildman–Crippen LogP) is 1.19. The quantitative estimate of drug-likeness (QED) is 0.759. The van der Waals surface area contributed by atoms with Crippen LogP contribution in [0, 0.1) is 5.82 Å². The number of halogens is 2. The van der Waals surface area contributed by atoms with Gasteiger partial charge in [0.15, 0.2) is 0 Å². The van der Waals surface area contributed by atoms with Gasteiger partial charge in [-0.05, 0) is 0 Å². The van der Waals surface area contributed by atoms with Crippen LogP contribution in [0.3, 0.4) is 0 Å². The lowest BCUT2D eigenvalue weighted by Crippen LogP contribution is -2.17. The molecule has 0 bridgehead atoms. The third-order valence-corrected chi connectivity index (χ3v) is 3.36. The summed E-state index contributed by atoms with van der Waals surface area (Å²) in [7, 11) is 1.23. The lowest BCUT2D eigenvalue weighted by Gasteiger charge is -2.16. The molecule has 1 aliphatic rings. The summed E-state index contributed by atoms with van der Waals surface area (Å²) in [6.45, 7) is 0.329. The summed E-state index contributed by atoms with van der Waals surface area (Å²) in [6.07, 6.45) is 3.55. The highest BCUT2D eigenvalue weighted by Gasteiger charge is 2.25. The first-order valence-corrected chi connectivity index (χ1v) is 6.32. The molecule has 0 saturated heterocycles. The molecule has 1 aliphatic heterocycles. The van der Waals surface area contributed by atoms with Crippen molar-refractivity contribution in [2.45, 2.75) is 6.54 Å². The zero-order chi connectivity index (χ0) is 11.1. The van der Waals surface area contributed by atoms with Crippen LogP contribution in [0.15, 0.2) is 18.6 Å². The van der Waals surface area contributed by atoms with Crippen molar-refractivity contribution >= 4 is 24.6 Å². The van der Waals surface area contributed by atoms with Crippen molar-refractivity contribution in [1.29, 1.82) is 0 Å². The summed E-state index contributed by atoms with van der Waals surface area (Å²) in [5.74, 6) is -0.690. The van der Waals surface area contributed by atoms with Crippen LogP contribution < -0.4 is 5.32 Å². The maximum absolute atomic E-state index is 13.4. The number of fused-ring (bicyclic) bond motifs is 1. The third kappa shape index (κ3) is 1.82. The lowest BCUT2D eigenvalue weighted by atomic mass is 10.1. The second kappa shape index (κ2) is 3.46. The second-order valence-electron chi connectivity index (χ2n) is 2.98. The maximum atomic E-state index is 13.4. The molecule has 0 amide bonds. The Bertz CT molecular complexity index is 542. The fraction of sp³-hybridized carbons (Fsp3) is 0.125. The molecule has 15 heavy (non-hydrogen) atoms. The molecule has 1 aromatic heterocycles. The number of nitrogens with one attached hydrogen (secondary N) is 1. The molecule has 0 aliphatic carbocycles. The predicted molar refractivity (Wildman–Crippen MR) is 53.8 cm³/mol. The van der Waals surface area contributed by atoms with Crippen LogP contribution in [0.1, 0.15) is 11.1 Å².